The summed E-state index contributed by atoms with van der Waals surface area (Å²) in [6.45, 7) is 4.22. The summed E-state index contributed by atoms with van der Waals surface area (Å²) < 4.78 is 0. The average Bonchev–Trinajstić information content (AvgIpc) is 3.21. The summed E-state index contributed by atoms with van der Waals surface area (Å²) in [5.74, 6) is 0.0987. The highest BCUT2D eigenvalue weighted by atomic mass is 16.2. The van der Waals surface area contributed by atoms with Gasteiger partial charge in [0.15, 0.2) is 0 Å². The molecular formula is C25H22N2O. The number of hydrogen-bond donors (Lipinski definition) is 1. The van der Waals surface area contributed by atoms with Crippen LogP contribution in [0.5, 0.6) is 0 Å². The van der Waals surface area contributed by atoms with Crippen molar-refractivity contribution in [3.63, 3.8) is 0 Å². The number of hydrogen-bond acceptors (Lipinski definition) is 1. The Hall–Kier alpha value is -3.33. The van der Waals surface area contributed by atoms with E-state index in [1.54, 1.807) is 0 Å². The fourth-order valence-electron chi connectivity index (χ4n) is 4.57. The van der Waals surface area contributed by atoms with Crippen LogP contribution in [-0.4, -0.2) is 15.8 Å². The van der Waals surface area contributed by atoms with Gasteiger partial charge in [0.25, 0.3) is 5.91 Å². The molecule has 0 saturated heterocycles. The molecule has 4 aromatic rings. The fourth-order valence-corrected chi connectivity index (χ4v) is 4.57. The van der Waals surface area contributed by atoms with Crippen LogP contribution in [0.15, 0.2) is 78.9 Å². The van der Waals surface area contributed by atoms with Gasteiger partial charge in [-0.25, -0.2) is 0 Å². The number of carbonyl (C=O) groups excluding carboxylic acids is 1. The first-order chi connectivity index (χ1) is 13.7. The largest absolute Gasteiger partial charge is 0.358 e. The standard InChI is InChI=1S/C25H22N2O/c1-16-23(21-14-8-9-15-22(21)26-16)24-19-12-6-7-13-20(19)25(28)27(24)17(2)18-10-4-3-5-11-18/h3-15,17,24,26H,1-2H3/t17-,24+/m1/s1. The number of aromatic amines is 1. The molecule has 5 rings (SSSR count). The van der Waals surface area contributed by atoms with Crippen LogP contribution in [0.3, 0.4) is 0 Å². The van der Waals surface area contributed by atoms with Gasteiger partial charge < -0.3 is 9.88 Å². The number of carbonyl (C=O) groups is 1. The number of rotatable bonds is 3. The van der Waals surface area contributed by atoms with E-state index in [9.17, 15) is 4.79 Å². The highest BCUT2D eigenvalue weighted by Gasteiger charge is 2.42. The number of aryl methyl sites for hydroxylation is 1. The fraction of sp³-hybridized carbons (Fsp3) is 0.160. The zero-order valence-corrected chi connectivity index (χ0v) is 16.0. The molecule has 3 nitrogen and oxygen atoms in total. The summed E-state index contributed by atoms with van der Waals surface area (Å²) >= 11 is 0. The number of nitrogens with one attached hydrogen (secondary N) is 1. The first-order valence-electron chi connectivity index (χ1n) is 9.70. The maximum Gasteiger partial charge on any atom is 0.255 e. The summed E-state index contributed by atoms with van der Waals surface area (Å²) in [4.78, 5) is 19.0. The van der Waals surface area contributed by atoms with Crippen LogP contribution in [0.25, 0.3) is 10.9 Å². The van der Waals surface area contributed by atoms with E-state index in [1.165, 1.54) is 10.9 Å². The summed E-state index contributed by atoms with van der Waals surface area (Å²) in [7, 11) is 0. The van der Waals surface area contributed by atoms with Crippen LogP contribution in [0.4, 0.5) is 0 Å². The Kier molecular flexibility index (Phi) is 3.83. The lowest BCUT2D eigenvalue weighted by atomic mass is 9.94. The van der Waals surface area contributed by atoms with Gasteiger partial charge in [-0.05, 0) is 37.1 Å². The van der Waals surface area contributed by atoms with Crippen molar-refractivity contribution in [1.82, 2.24) is 9.88 Å². The highest BCUT2D eigenvalue weighted by Crippen LogP contribution is 2.46. The second-order valence-corrected chi connectivity index (χ2v) is 7.50. The molecule has 3 heteroatoms. The Morgan fingerprint density at radius 3 is 2.39 bits per heavy atom. The molecule has 0 spiro atoms. The van der Waals surface area contributed by atoms with E-state index >= 15 is 0 Å². The van der Waals surface area contributed by atoms with Crippen molar-refractivity contribution in [2.45, 2.75) is 25.9 Å². The van der Waals surface area contributed by atoms with Crippen molar-refractivity contribution in [2.75, 3.05) is 0 Å². The first kappa shape index (κ1) is 16.8. The van der Waals surface area contributed by atoms with E-state index in [-0.39, 0.29) is 18.0 Å². The Morgan fingerprint density at radius 2 is 1.57 bits per heavy atom. The Balaban J connectivity index is 1.74. The minimum Gasteiger partial charge on any atom is -0.358 e. The number of amides is 1. The molecule has 1 N–H and O–H groups in total. The molecule has 0 saturated carbocycles. The second kappa shape index (κ2) is 6.38. The Bertz CT molecular complexity index is 1180. The lowest BCUT2D eigenvalue weighted by Crippen LogP contribution is -2.31. The van der Waals surface area contributed by atoms with Gasteiger partial charge in [-0.2, -0.15) is 0 Å². The van der Waals surface area contributed by atoms with Crippen LogP contribution in [0.1, 0.15) is 51.7 Å². The predicted molar refractivity (Wildman–Crippen MR) is 112 cm³/mol. The number of aromatic nitrogens is 1. The molecule has 0 fully saturated rings. The maximum absolute atomic E-state index is 13.5. The smallest absolute Gasteiger partial charge is 0.255 e. The van der Waals surface area contributed by atoms with Gasteiger partial charge in [-0.3, -0.25) is 4.79 Å². The van der Waals surface area contributed by atoms with Gasteiger partial charge >= 0.3 is 0 Å². The monoisotopic (exact) mass is 366 g/mol. The molecule has 2 heterocycles. The second-order valence-electron chi connectivity index (χ2n) is 7.50. The molecule has 0 unspecified atom stereocenters. The molecular weight excluding hydrogens is 344 g/mol. The summed E-state index contributed by atoms with van der Waals surface area (Å²) in [5, 5.41) is 1.18. The van der Waals surface area contributed by atoms with E-state index in [4.69, 9.17) is 0 Å². The first-order valence-corrected chi connectivity index (χ1v) is 9.70. The third-order valence-corrected chi connectivity index (χ3v) is 5.91. The molecule has 1 amide bonds. The van der Waals surface area contributed by atoms with Crippen molar-refractivity contribution in [1.29, 1.82) is 0 Å². The van der Waals surface area contributed by atoms with E-state index in [2.05, 4.69) is 55.2 Å². The normalized spacial score (nSPS) is 17.1. The predicted octanol–water partition coefficient (Wildman–Crippen LogP) is 5.78. The number of benzene rings is 3. The average molecular weight is 366 g/mol. The van der Waals surface area contributed by atoms with Gasteiger partial charge in [0, 0.05) is 27.7 Å². The van der Waals surface area contributed by atoms with Gasteiger partial charge in [0.2, 0.25) is 0 Å². The molecule has 138 valence electrons. The molecule has 1 aliphatic heterocycles. The molecule has 1 aromatic heterocycles. The summed E-state index contributed by atoms with van der Waals surface area (Å²) in [6.07, 6.45) is 0. The van der Waals surface area contributed by atoms with Crippen LogP contribution < -0.4 is 0 Å². The minimum absolute atomic E-state index is 0.0286. The third-order valence-electron chi connectivity index (χ3n) is 5.91. The van der Waals surface area contributed by atoms with E-state index in [0.29, 0.717) is 0 Å². The van der Waals surface area contributed by atoms with Crippen molar-refractivity contribution in [3.05, 3.63) is 107 Å². The topological polar surface area (TPSA) is 36.1 Å². The number of nitrogens with zero attached hydrogens (tertiary/aromatic N) is 1. The van der Waals surface area contributed by atoms with Gasteiger partial charge in [0.05, 0.1) is 12.1 Å². The zero-order chi connectivity index (χ0) is 19.3. The molecule has 0 radical (unpaired) electrons. The Morgan fingerprint density at radius 1 is 0.893 bits per heavy atom. The van der Waals surface area contributed by atoms with Crippen molar-refractivity contribution in [3.8, 4) is 0 Å². The minimum atomic E-state index is -0.102. The SMILES string of the molecule is Cc1[nH]c2ccccc2c1[C@@H]1c2ccccc2C(=O)N1[C@H](C)c1ccccc1. The quantitative estimate of drug-likeness (QED) is 0.490. The van der Waals surface area contributed by atoms with Gasteiger partial charge in [-0.15, -0.1) is 0 Å². The van der Waals surface area contributed by atoms with Crippen LogP contribution in [0, 0.1) is 6.92 Å². The highest BCUT2D eigenvalue weighted by molar-refractivity contribution is 6.01. The van der Waals surface area contributed by atoms with Gasteiger partial charge in [-0.1, -0.05) is 66.7 Å². The van der Waals surface area contributed by atoms with Crippen LogP contribution in [-0.2, 0) is 0 Å². The van der Waals surface area contributed by atoms with Gasteiger partial charge in [0.1, 0.15) is 0 Å². The van der Waals surface area contributed by atoms with Crippen molar-refractivity contribution >= 4 is 16.8 Å². The van der Waals surface area contributed by atoms with E-state index in [1.807, 2.05) is 47.4 Å². The van der Waals surface area contributed by atoms with Crippen molar-refractivity contribution < 1.29 is 4.79 Å². The Labute approximate surface area is 164 Å². The van der Waals surface area contributed by atoms with E-state index in [0.717, 1.165) is 27.9 Å². The lowest BCUT2D eigenvalue weighted by Gasteiger charge is -2.32. The molecule has 28 heavy (non-hydrogen) atoms. The zero-order valence-electron chi connectivity index (χ0n) is 16.0. The number of H-pyrrole nitrogens is 1. The molecule has 1 aliphatic rings. The molecule has 2 atom stereocenters. The number of para-hydroxylation sites is 1. The van der Waals surface area contributed by atoms with Crippen LogP contribution >= 0.6 is 0 Å². The lowest BCUT2D eigenvalue weighted by molar-refractivity contribution is 0.0677. The summed E-state index contributed by atoms with van der Waals surface area (Å²) in [6, 6.07) is 26.5. The third kappa shape index (κ3) is 2.40. The van der Waals surface area contributed by atoms with Crippen LogP contribution in [0.2, 0.25) is 0 Å². The van der Waals surface area contributed by atoms with Crippen molar-refractivity contribution in [2.24, 2.45) is 0 Å². The molecule has 0 bridgehead atoms. The van der Waals surface area contributed by atoms with E-state index < -0.39 is 0 Å². The molecule has 3 aromatic carbocycles. The summed E-state index contributed by atoms with van der Waals surface area (Å²) in [5.41, 5.74) is 6.45. The maximum atomic E-state index is 13.5. The molecule has 0 aliphatic carbocycles. The number of fused-ring (bicyclic) bond motifs is 2.